The van der Waals surface area contributed by atoms with E-state index < -0.39 is 0 Å². The summed E-state index contributed by atoms with van der Waals surface area (Å²) in [6, 6.07) is 15.2. The maximum absolute atomic E-state index is 13.4. The van der Waals surface area contributed by atoms with Gasteiger partial charge in [-0.15, -0.1) is 10.2 Å². The average Bonchev–Trinajstić information content (AvgIpc) is 3.33. The molecule has 1 amide bonds. The van der Waals surface area contributed by atoms with Gasteiger partial charge in [-0.1, -0.05) is 49.0 Å². The van der Waals surface area contributed by atoms with E-state index in [1.165, 1.54) is 28.8 Å². The van der Waals surface area contributed by atoms with Crippen molar-refractivity contribution >= 4 is 34.6 Å². The van der Waals surface area contributed by atoms with Gasteiger partial charge in [0.2, 0.25) is 11.8 Å². The molecule has 0 spiro atoms. The number of thioether (sulfide) groups is 1. The first-order valence-electron chi connectivity index (χ1n) is 9.03. The highest BCUT2D eigenvalue weighted by Crippen LogP contribution is 2.30. The number of carbonyl (C=O) groups is 1. The molecule has 0 fully saturated rings. The predicted octanol–water partition coefficient (Wildman–Crippen LogP) is 4.45. The number of aromatic nitrogens is 2. The Hall–Kier alpha value is -3.26. The van der Waals surface area contributed by atoms with Crippen LogP contribution in [0.1, 0.15) is 24.3 Å². The van der Waals surface area contributed by atoms with Crippen molar-refractivity contribution in [2.75, 3.05) is 4.90 Å². The van der Waals surface area contributed by atoms with Gasteiger partial charge in [-0.05, 0) is 35.9 Å². The number of aryl methyl sites for hydroxylation is 1. The lowest BCUT2D eigenvalue weighted by molar-refractivity contribution is -0.113. The van der Waals surface area contributed by atoms with E-state index in [9.17, 15) is 9.18 Å². The second-order valence-electron chi connectivity index (χ2n) is 6.18. The number of amidine groups is 1. The Labute approximate surface area is 171 Å². The summed E-state index contributed by atoms with van der Waals surface area (Å²) in [5.74, 6) is 0.744. The molecule has 0 bridgehead atoms. The summed E-state index contributed by atoms with van der Waals surface area (Å²) in [6.45, 7) is 1.93. The highest BCUT2D eigenvalue weighted by molar-refractivity contribution is 8.13. The number of amides is 1. The van der Waals surface area contributed by atoms with Crippen LogP contribution >= 0.6 is 11.8 Å². The largest absolute Gasteiger partial charge is 0.424 e. The van der Waals surface area contributed by atoms with Crippen LogP contribution in [0, 0.1) is 5.82 Å². The molecule has 0 atom stereocenters. The summed E-state index contributed by atoms with van der Waals surface area (Å²) in [7, 11) is 0. The van der Waals surface area contributed by atoms with E-state index in [1.54, 1.807) is 18.2 Å². The SMILES string of the molecule is CCc1nnc(CSC2=NC(=Cc3ccccc3)C(=O)N2c2ccc(F)cc2)o1. The summed E-state index contributed by atoms with van der Waals surface area (Å²) in [4.78, 5) is 19.0. The lowest BCUT2D eigenvalue weighted by Crippen LogP contribution is -2.30. The number of carbonyl (C=O) groups excluding carboxylic acids is 1. The van der Waals surface area contributed by atoms with Gasteiger partial charge in [0.05, 0.1) is 11.4 Å². The molecule has 8 heteroatoms. The van der Waals surface area contributed by atoms with Gasteiger partial charge in [0.1, 0.15) is 11.5 Å². The number of nitrogens with zero attached hydrogens (tertiary/aromatic N) is 4. The van der Waals surface area contributed by atoms with Crippen LogP contribution in [0.15, 0.2) is 69.7 Å². The molecule has 29 heavy (non-hydrogen) atoms. The van der Waals surface area contributed by atoms with Crippen LogP contribution in [0.2, 0.25) is 0 Å². The standard InChI is InChI=1S/C21H17FN4O2S/c1-2-18-24-25-19(28-18)13-29-21-23-17(12-14-6-4-3-5-7-14)20(27)26(21)16-10-8-15(22)9-11-16/h3-12H,2,13H2,1H3. The maximum atomic E-state index is 13.4. The number of benzene rings is 2. The zero-order chi connectivity index (χ0) is 20.2. The van der Waals surface area contributed by atoms with Gasteiger partial charge in [-0.2, -0.15) is 0 Å². The number of anilines is 1. The number of hydrogen-bond acceptors (Lipinski definition) is 6. The third kappa shape index (κ3) is 4.27. The number of aliphatic imine (C=N–C) groups is 1. The summed E-state index contributed by atoms with van der Waals surface area (Å²) in [6.07, 6.45) is 2.39. The molecular weight excluding hydrogens is 391 g/mol. The second-order valence-corrected chi connectivity index (χ2v) is 7.13. The lowest BCUT2D eigenvalue weighted by atomic mass is 10.2. The maximum Gasteiger partial charge on any atom is 0.283 e. The van der Waals surface area contributed by atoms with Crippen LogP contribution in [0.25, 0.3) is 6.08 Å². The van der Waals surface area contributed by atoms with E-state index in [-0.39, 0.29) is 11.7 Å². The van der Waals surface area contributed by atoms with Gasteiger partial charge in [-0.25, -0.2) is 9.38 Å². The Morgan fingerprint density at radius 3 is 2.48 bits per heavy atom. The van der Waals surface area contributed by atoms with Gasteiger partial charge in [0, 0.05) is 6.42 Å². The Bertz CT molecular complexity index is 1080. The van der Waals surface area contributed by atoms with Gasteiger partial charge in [0.25, 0.3) is 5.91 Å². The smallest absolute Gasteiger partial charge is 0.283 e. The fourth-order valence-electron chi connectivity index (χ4n) is 2.73. The Morgan fingerprint density at radius 1 is 1.07 bits per heavy atom. The average molecular weight is 408 g/mol. The molecule has 0 unspecified atom stereocenters. The fourth-order valence-corrected chi connectivity index (χ4v) is 3.58. The van der Waals surface area contributed by atoms with Crippen molar-refractivity contribution in [3.63, 3.8) is 0 Å². The molecule has 1 aromatic heterocycles. The van der Waals surface area contributed by atoms with E-state index in [2.05, 4.69) is 15.2 Å². The van der Waals surface area contributed by atoms with E-state index in [0.29, 0.717) is 40.5 Å². The third-order valence-electron chi connectivity index (χ3n) is 4.15. The minimum atomic E-state index is -0.371. The molecule has 0 aliphatic carbocycles. The molecule has 2 heterocycles. The molecule has 1 aliphatic rings. The quantitative estimate of drug-likeness (QED) is 0.584. The van der Waals surface area contributed by atoms with E-state index in [0.717, 1.165) is 5.56 Å². The van der Waals surface area contributed by atoms with Crippen LogP contribution in [-0.4, -0.2) is 21.3 Å². The molecule has 3 aromatic rings. The topological polar surface area (TPSA) is 71.6 Å². The Morgan fingerprint density at radius 2 is 1.79 bits per heavy atom. The Balaban J connectivity index is 1.64. The van der Waals surface area contributed by atoms with E-state index >= 15 is 0 Å². The van der Waals surface area contributed by atoms with Crippen molar-refractivity contribution in [1.29, 1.82) is 0 Å². The highest BCUT2D eigenvalue weighted by Gasteiger charge is 2.32. The van der Waals surface area contributed by atoms with Crippen molar-refractivity contribution in [2.45, 2.75) is 19.1 Å². The van der Waals surface area contributed by atoms with Crippen LogP contribution in [0.5, 0.6) is 0 Å². The number of hydrogen-bond donors (Lipinski definition) is 0. The molecule has 0 radical (unpaired) electrons. The van der Waals surface area contributed by atoms with Crippen molar-refractivity contribution in [3.05, 3.63) is 83.5 Å². The number of halogens is 1. The van der Waals surface area contributed by atoms with E-state index in [1.807, 2.05) is 37.3 Å². The van der Waals surface area contributed by atoms with Crippen molar-refractivity contribution in [2.24, 2.45) is 4.99 Å². The minimum absolute atomic E-state index is 0.275. The van der Waals surface area contributed by atoms with Crippen LogP contribution in [0.4, 0.5) is 10.1 Å². The van der Waals surface area contributed by atoms with Crippen molar-refractivity contribution < 1.29 is 13.6 Å². The first-order chi connectivity index (χ1) is 14.1. The molecular formula is C21H17FN4O2S. The summed E-state index contributed by atoms with van der Waals surface area (Å²) >= 11 is 1.31. The fraction of sp³-hybridized carbons (Fsp3) is 0.143. The summed E-state index contributed by atoms with van der Waals surface area (Å²) in [5, 5.41) is 8.42. The summed E-state index contributed by atoms with van der Waals surface area (Å²) in [5.41, 5.74) is 1.72. The van der Waals surface area contributed by atoms with Crippen LogP contribution < -0.4 is 4.90 Å². The van der Waals surface area contributed by atoms with Gasteiger partial charge >= 0.3 is 0 Å². The first kappa shape index (κ1) is 19.1. The minimum Gasteiger partial charge on any atom is -0.424 e. The zero-order valence-electron chi connectivity index (χ0n) is 15.6. The van der Waals surface area contributed by atoms with Gasteiger partial charge < -0.3 is 4.42 Å². The summed E-state index contributed by atoms with van der Waals surface area (Å²) < 4.78 is 18.9. The van der Waals surface area contributed by atoms with Crippen molar-refractivity contribution in [1.82, 2.24) is 10.2 Å². The predicted molar refractivity (Wildman–Crippen MR) is 111 cm³/mol. The molecule has 2 aromatic carbocycles. The zero-order valence-corrected chi connectivity index (χ0v) is 16.4. The molecule has 0 saturated heterocycles. The normalized spacial score (nSPS) is 15.2. The molecule has 4 rings (SSSR count). The second kappa shape index (κ2) is 8.40. The molecule has 1 aliphatic heterocycles. The monoisotopic (exact) mass is 408 g/mol. The van der Waals surface area contributed by atoms with Crippen LogP contribution in [-0.2, 0) is 17.0 Å². The molecule has 6 nitrogen and oxygen atoms in total. The van der Waals surface area contributed by atoms with Crippen molar-refractivity contribution in [3.8, 4) is 0 Å². The number of rotatable bonds is 5. The lowest BCUT2D eigenvalue weighted by Gasteiger charge is -2.17. The molecule has 0 N–H and O–H groups in total. The van der Waals surface area contributed by atoms with Gasteiger partial charge in [-0.3, -0.25) is 9.69 Å². The van der Waals surface area contributed by atoms with Crippen LogP contribution in [0.3, 0.4) is 0 Å². The first-order valence-corrected chi connectivity index (χ1v) is 10.0. The van der Waals surface area contributed by atoms with E-state index in [4.69, 9.17) is 4.42 Å². The molecule has 0 saturated carbocycles. The molecule has 146 valence electrons. The highest BCUT2D eigenvalue weighted by atomic mass is 32.2. The Kier molecular flexibility index (Phi) is 5.53. The van der Waals surface area contributed by atoms with Gasteiger partial charge in [0.15, 0.2) is 5.17 Å². The third-order valence-corrected chi connectivity index (χ3v) is 5.08.